The highest BCUT2D eigenvalue weighted by Gasteiger charge is 2.45. The molecule has 0 heterocycles. The molecule has 1 aliphatic carbocycles. The minimum Gasteiger partial charge on any atom is -0.394 e. The quantitative estimate of drug-likeness (QED) is 0.594. The molecule has 16 heavy (non-hydrogen) atoms. The molecule has 0 aromatic heterocycles. The molecule has 0 spiro atoms. The molecule has 3 heteroatoms. The summed E-state index contributed by atoms with van der Waals surface area (Å²) in [5, 5.41) is 0. The smallest absolute Gasteiger partial charge is 0.341 e. The Bertz CT molecular complexity index is 173. The van der Waals surface area contributed by atoms with Crippen LogP contribution in [-0.2, 0) is 8.85 Å². The van der Waals surface area contributed by atoms with E-state index in [1.54, 1.807) is 0 Å². The summed E-state index contributed by atoms with van der Waals surface area (Å²) in [5.41, 5.74) is 0.763. The van der Waals surface area contributed by atoms with Crippen LogP contribution in [0.2, 0.25) is 11.6 Å². The van der Waals surface area contributed by atoms with E-state index in [1.807, 2.05) is 0 Å². The van der Waals surface area contributed by atoms with Gasteiger partial charge in [0.2, 0.25) is 0 Å². The molecule has 0 radical (unpaired) electrons. The number of unbranched alkanes of at least 4 members (excludes halogenated alkanes) is 1. The first-order chi connectivity index (χ1) is 7.79. The van der Waals surface area contributed by atoms with Gasteiger partial charge in [0, 0.05) is 18.8 Å². The second-order valence-corrected chi connectivity index (χ2v) is 8.28. The molecule has 1 aliphatic rings. The van der Waals surface area contributed by atoms with E-state index in [0.717, 1.165) is 18.8 Å². The summed E-state index contributed by atoms with van der Waals surface area (Å²) >= 11 is 0. The molecule has 0 aliphatic heterocycles. The number of hydrogen-bond acceptors (Lipinski definition) is 2. The van der Waals surface area contributed by atoms with E-state index < -0.39 is 8.56 Å². The third kappa shape index (κ3) is 3.57. The van der Waals surface area contributed by atoms with E-state index in [-0.39, 0.29) is 0 Å². The third-order valence-electron chi connectivity index (χ3n) is 3.63. The van der Waals surface area contributed by atoms with Crippen LogP contribution in [0, 0.1) is 0 Å². The van der Waals surface area contributed by atoms with Crippen LogP contribution in [0.1, 0.15) is 59.3 Å². The topological polar surface area (TPSA) is 18.5 Å². The summed E-state index contributed by atoms with van der Waals surface area (Å²) in [6.07, 6.45) is 7.97. The van der Waals surface area contributed by atoms with Gasteiger partial charge in [0.1, 0.15) is 0 Å². The normalized spacial score (nSPS) is 18.2. The van der Waals surface area contributed by atoms with Crippen molar-refractivity contribution in [3.05, 3.63) is 0 Å². The van der Waals surface area contributed by atoms with Gasteiger partial charge in [0.25, 0.3) is 0 Å². The predicted octanol–water partition coefficient (Wildman–Crippen LogP) is 4.25. The molecule has 96 valence electrons. The first-order valence-corrected chi connectivity index (χ1v) is 9.17. The molecule has 0 aromatic carbocycles. The summed E-state index contributed by atoms with van der Waals surface area (Å²) in [5.74, 6) is 0. The van der Waals surface area contributed by atoms with E-state index in [9.17, 15) is 0 Å². The van der Waals surface area contributed by atoms with Crippen molar-refractivity contribution in [3.8, 4) is 0 Å². The van der Waals surface area contributed by atoms with E-state index >= 15 is 0 Å². The first-order valence-electron chi connectivity index (χ1n) is 7.07. The highest BCUT2D eigenvalue weighted by molar-refractivity contribution is 6.69. The van der Waals surface area contributed by atoms with Crippen LogP contribution < -0.4 is 0 Å². The number of hydrogen-bond donors (Lipinski definition) is 0. The fourth-order valence-corrected chi connectivity index (χ4v) is 7.27. The molecule has 0 atom stereocenters. The molecule has 0 saturated heterocycles. The van der Waals surface area contributed by atoms with Gasteiger partial charge in [0.15, 0.2) is 0 Å². The Morgan fingerprint density at radius 2 is 1.56 bits per heavy atom. The highest BCUT2D eigenvalue weighted by atomic mass is 28.4. The van der Waals surface area contributed by atoms with Gasteiger partial charge in [-0.3, -0.25) is 0 Å². The van der Waals surface area contributed by atoms with Gasteiger partial charge in [0.05, 0.1) is 0 Å². The van der Waals surface area contributed by atoms with Crippen molar-refractivity contribution in [2.24, 2.45) is 0 Å². The summed E-state index contributed by atoms with van der Waals surface area (Å²) in [6, 6.07) is 1.20. The standard InChI is InChI=1S/C13H28O2Si/c1-4-7-12-16(14-5-2,15-6-3)13-10-8-9-11-13/h13H,4-12H2,1-3H3. The lowest BCUT2D eigenvalue weighted by Gasteiger charge is -2.35. The largest absolute Gasteiger partial charge is 0.394 e. The zero-order chi connectivity index (χ0) is 11.9. The Labute approximate surface area is 102 Å². The SMILES string of the molecule is CCCC[Si](OCC)(OCC)C1CCCC1. The second-order valence-electron chi connectivity index (χ2n) is 4.76. The van der Waals surface area contributed by atoms with Crippen LogP contribution in [0.5, 0.6) is 0 Å². The monoisotopic (exact) mass is 244 g/mol. The Hall–Kier alpha value is 0.137. The molecule has 0 unspecified atom stereocenters. The molecular weight excluding hydrogens is 216 g/mol. The fourth-order valence-electron chi connectivity index (χ4n) is 2.90. The van der Waals surface area contributed by atoms with Crippen LogP contribution >= 0.6 is 0 Å². The maximum Gasteiger partial charge on any atom is 0.341 e. The molecule has 1 fully saturated rings. The maximum absolute atomic E-state index is 6.17. The van der Waals surface area contributed by atoms with Crippen LogP contribution in [0.25, 0.3) is 0 Å². The van der Waals surface area contributed by atoms with Crippen molar-refractivity contribution >= 4 is 8.56 Å². The second kappa shape index (κ2) is 7.46. The summed E-state index contributed by atoms with van der Waals surface area (Å²) in [6.45, 7) is 8.13. The molecule has 0 amide bonds. The van der Waals surface area contributed by atoms with Gasteiger partial charge in [-0.1, -0.05) is 32.6 Å². The summed E-state index contributed by atoms with van der Waals surface area (Å²) < 4.78 is 12.3. The Morgan fingerprint density at radius 3 is 2.00 bits per heavy atom. The van der Waals surface area contributed by atoms with Crippen LogP contribution in [0.15, 0.2) is 0 Å². The lowest BCUT2D eigenvalue weighted by molar-refractivity contribution is 0.170. The Kier molecular flexibility index (Phi) is 6.62. The van der Waals surface area contributed by atoms with Crippen LogP contribution in [0.3, 0.4) is 0 Å². The van der Waals surface area contributed by atoms with Gasteiger partial charge >= 0.3 is 8.56 Å². The lowest BCUT2D eigenvalue weighted by atomic mass is 10.4. The minimum absolute atomic E-state index is 0.763. The van der Waals surface area contributed by atoms with Crippen molar-refractivity contribution in [1.82, 2.24) is 0 Å². The molecule has 0 aromatic rings. The van der Waals surface area contributed by atoms with E-state index in [1.165, 1.54) is 44.6 Å². The predicted molar refractivity (Wildman–Crippen MR) is 70.9 cm³/mol. The van der Waals surface area contributed by atoms with Crippen molar-refractivity contribution in [2.75, 3.05) is 13.2 Å². The molecule has 2 nitrogen and oxygen atoms in total. The summed E-state index contributed by atoms with van der Waals surface area (Å²) in [4.78, 5) is 0. The average molecular weight is 244 g/mol. The van der Waals surface area contributed by atoms with Gasteiger partial charge in [-0.05, 0) is 32.7 Å². The van der Waals surface area contributed by atoms with Gasteiger partial charge < -0.3 is 8.85 Å². The first kappa shape index (κ1) is 14.2. The minimum atomic E-state index is -1.88. The molecule has 1 saturated carbocycles. The van der Waals surface area contributed by atoms with Crippen molar-refractivity contribution in [3.63, 3.8) is 0 Å². The fraction of sp³-hybridized carbons (Fsp3) is 1.00. The molecular formula is C13H28O2Si. The van der Waals surface area contributed by atoms with E-state index in [0.29, 0.717) is 0 Å². The van der Waals surface area contributed by atoms with Crippen LogP contribution in [0.4, 0.5) is 0 Å². The third-order valence-corrected chi connectivity index (χ3v) is 8.06. The van der Waals surface area contributed by atoms with Crippen molar-refractivity contribution in [2.45, 2.75) is 70.9 Å². The molecule has 0 bridgehead atoms. The van der Waals surface area contributed by atoms with Crippen molar-refractivity contribution < 1.29 is 8.85 Å². The van der Waals surface area contributed by atoms with Gasteiger partial charge in [-0.2, -0.15) is 0 Å². The Morgan fingerprint density at radius 1 is 1.00 bits per heavy atom. The maximum atomic E-state index is 6.17. The lowest BCUT2D eigenvalue weighted by Crippen LogP contribution is -2.46. The highest BCUT2D eigenvalue weighted by Crippen LogP contribution is 2.42. The van der Waals surface area contributed by atoms with Crippen LogP contribution in [-0.4, -0.2) is 21.8 Å². The van der Waals surface area contributed by atoms with Crippen molar-refractivity contribution in [1.29, 1.82) is 0 Å². The zero-order valence-corrected chi connectivity index (χ0v) is 12.3. The Balaban J connectivity index is 2.67. The molecule has 1 rings (SSSR count). The molecule has 0 N–H and O–H groups in total. The van der Waals surface area contributed by atoms with E-state index in [2.05, 4.69) is 20.8 Å². The summed E-state index contributed by atoms with van der Waals surface area (Å²) in [7, 11) is -1.88. The van der Waals surface area contributed by atoms with Gasteiger partial charge in [-0.15, -0.1) is 0 Å². The average Bonchev–Trinajstić information content (AvgIpc) is 2.80. The zero-order valence-electron chi connectivity index (χ0n) is 11.3. The van der Waals surface area contributed by atoms with Gasteiger partial charge in [-0.25, -0.2) is 0 Å². The number of rotatable bonds is 8. The van der Waals surface area contributed by atoms with E-state index in [4.69, 9.17) is 8.85 Å².